The number of aliphatic hydroxyl groups is 1. The lowest BCUT2D eigenvalue weighted by atomic mass is 10.0. The van der Waals surface area contributed by atoms with Crippen molar-refractivity contribution in [3.8, 4) is 0 Å². The Hall–Kier alpha value is -0.860. The lowest BCUT2D eigenvalue weighted by Crippen LogP contribution is -2.23. The van der Waals surface area contributed by atoms with Crippen LogP contribution in [-0.4, -0.2) is 17.8 Å². The van der Waals surface area contributed by atoms with Crippen molar-refractivity contribution >= 4 is 0 Å². The Morgan fingerprint density at radius 1 is 1.27 bits per heavy atom. The van der Waals surface area contributed by atoms with E-state index in [-0.39, 0.29) is 6.10 Å². The first-order valence-corrected chi connectivity index (χ1v) is 5.58. The SMILES string of the molecule is Cc1ccccc1[C@H](C)NCCC(C)O. The molecule has 2 atom stereocenters. The average molecular weight is 207 g/mol. The van der Waals surface area contributed by atoms with Crippen LogP contribution < -0.4 is 5.32 Å². The zero-order chi connectivity index (χ0) is 11.3. The third kappa shape index (κ3) is 4.02. The van der Waals surface area contributed by atoms with Crippen molar-refractivity contribution < 1.29 is 5.11 Å². The fourth-order valence-electron chi connectivity index (χ4n) is 1.69. The van der Waals surface area contributed by atoms with E-state index in [1.807, 2.05) is 6.92 Å². The molecule has 0 heterocycles. The van der Waals surface area contributed by atoms with Crippen LogP contribution in [0.1, 0.15) is 37.4 Å². The molecular formula is C13H21NO. The van der Waals surface area contributed by atoms with Crippen molar-refractivity contribution in [1.29, 1.82) is 0 Å². The van der Waals surface area contributed by atoms with E-state index in [4.69, 9.17) is 5.11 Å². The second kappa shape index (κ2) is 5.89. The molecular weight excluding hydrogens is 186 g/mol. The molecule has 0 fully saturated rings. The number of benzene rings is 1. The first-order valence-electron chi connectivity index (χ1n) is 5.58. The number of rotatable bonds is 5. The summed E-state index contributed by atoms with van der Waals surface area (Å²) in [5, 5.41) is 12.6. The summed E-state index contributed by atoms with van der Waals surface area (Å²) in [6, 6.07) is 8.75. The molecule has 0 aliphatic heterocycles. The minimum atomic E-state index is -0.221. The lowest BCUT2D eigenvalue weighted by molar-refractivity contribution is 0.182. The molecule has 0 amide bonds. The van der Waals surface area contributed by atoms with Gasteiger partial charge in [0.05, 0.1) is 6.10 Å². The second-order valence-corrected chi connectivity index (χ2v) is 4.17. The van der Waals surface area contributed by atoms with Crippen molar-refractivity contribution in [3.63, 3.8) is 0 Å². The molecule has 0 aliphatic carbocycles. The summed E-state index contributed by atoms with van der Waals surface area (Å²) in [7, 11) is 0. The molecule has 2 heteroatoms. The molecule has 84 valence electrons. The average Bonchev–Trinajstić information content (AvgIpc) is 2.17. The minimum absolute atomic E-state index is 0.221. The van der Waals surface area contributed by atoms with Gasteiger partial charge in [0.2, 0.25) is 0 Å². The topological polar surface area (TPSA) is 32.3 Å². The van der Waals surface area contributed by atoms with Crippen molar-refractivity contribution in [2.75, 3.05) is 6.54 Å². The monoisotopic (exact) mass is 207 g/mol. The van der Waals surface area contributed by atoms with Gasteiger partial charge < -0.3 is 10.4 Å². The molecule has 0 aliphatic rings. The predicted octanol–water partition coefficient (Wildman–Crippen LogP) is 2.42. The van der Waals surface area contributed by atoms with Gasteiger partial charge in [0.15, 0.2) is 0 Å². The maximum Gasteiger partial charge on any atom is 0.0524 e. The summed E-state index contributed by atoms with van der Waals surface area (Å²) in [5.41, 5.74) is 2.65. The van der Waals surface area contributed by atoms with E-state index in [0.29, 0.717) is 6.04 Å². The number of aliphatic hydroxyl groups excluding tert-OH is 1. The highest BCUT2D eigenvalue weighted by molar-refractivity contribution is 5.28. The van der Waals surface area contributed by atoms with Crippen LogP contribution in [0.5, 0.6) is 0 Å². The van der Waals surface area contributed by atoms with Crippen LogP contribution in [0.4, 0.5) is 0 Å². The molecule has 0 radical (unpaired) electrons. The number of nitrogens with one attached hydrogen (secondary N) is 1. The highest BCUT2D eigenvalue weighted by Crippen LogP contribution is 2.16. The molecule has 2 N–H and O–H groups in total. The molecule has 0 bridgehead atoms. The van der Waals surface area contributed by atoms with Crippen LogP contribution >= 0.6 is 0 Å². The van der Waals surface area contributed by atoms with E-state index in [9.17, 15) is 0 Å². The zero-order valence-corrected chi connectivity index (χ0v) is 9.83. The van der Waals surface area contributed by atoms with Crippen LogP contribution in [-0.2, 0) is 0 Å². The van der Waals surface area contributed by atoms with Gasteiger partial charge in [-0.2, -0.15) is 0 Å². The second-order valence-electron chi connectivity index (χ2n) is 4.17. The Balaban J connectivity index is 2.47. The van der Waals surface area contributed by atoms with Gasteiger partial charge in [-0.15, -0.1) is 0 Å². The van der Waals surface area contributed by atoms with E-state index in [1.165, 1.54) is 11.1 Å². The van der Waals surface area contributed by atoms with Crippen LogP contribution in [0.25, 0.3) is 0 Å². The Morgan fingerprint density at radius 3 is 2.53 bits per heavy atom. The minimum Gasteiger partial charge on any atom is -0.393 e. The number of hydrogen-bond acceptors (Lipinski definition) is 2. The van der Waals surface area contributed by atoms with Crippen molar-refractivity contribution in [2.24, 2.45) is 0 Å². The molecule has 15 heavy (non-hydrogen) atoms. The fraction of sp³-hybridized carbons (Fsp3) is 0.538. The molecule has 0 saturated heterocycles. The molecule has 1 rings (SSSR count). The largest absolute Gasteiger partial charge is 0.393 e. The Labute approximate surface area is 92.3 Å². The van der Waals surface area contributed by atoms with Gasteiger partial charge in [0, 0.05) is 6.04 Å². The first kappa shape index (κ1) is 12.2. The molecule has 0 saturated carbocycles. The molecule has 0 spiro atoms. The van der Waals surface area contributed by atoms with Gasteiger partial charge in [-0.1, -0.05) is 24.3 Å². The van der Waals surface area contributed by atoms with Gasteiger partial charge >= 0.3 is 0 Å². The third-order valence-electron chi connectivity index (χ3n) is 2.67. The maximum absolute atomic E-state index is 9.15. The predicted molar refractivity (Wildman–Crippen MR) is 63.9 cm³/mol. The molecule has 0 aromatic heterocycles. The van der Waals surface area contributed by atoms with E-state index in [1.54, 1.807) is 0 Å². The number of hydrogen-bond donors (Lipinski definition) is 2. The molecule has 1 unspecified atom stereocenters. The summed E-state index contributed by atoms with van der Waals surface area (Å²) in [4.78, 5) is 0. The van der Waals surface area contributed by atoms with Crippen molar-refractivity contribution in [2.45, 2.75) is 39.3 Å². The molecule has 2 nitrogen and oxygen atoms in total. The third-order valence-corrected chi connectivity index (χ3v) is 2.67. The summed E-state index contributed by atoms with van der Waals surface area (Å²) < 4.78 is 0. The highest BCUT2D eigenvalue weighted by Gasteiger charge is 2.06. The van der Waals surface area contributed by atoms with Crippen LogP contribution in [0, 0.1) is 6.92 Å². The van der Waals surface area contributed by atoms with E-state index < -0.39 is 0 Å². The normalized spacial score (nSPS) is 14.9. The highest BCUT2D eigenvalue weighted by atomic mass is 16.3. The van der Waals surface area contributed by atoms with Gasteiger partial charge in [-0.25, -0.2) is 0 Å². The summed E-state index contributed by atoms with van der Waals surface area (Å²) >= 11 is 0. The number of aryl methyl sites for hydroxylation is 1. The Morgan fingerprint density at radius 2 is 1.93 bits per heavy atom. The fourth-order valence-corrected chi connectivity index (χ4v) is 1.69. The molecule has 1 aromatic carbocycles. The van der Waals surface area contributed by atoms with Gasteiger partial charge in [0.25, 0.3) is 0 Å². The van der Waals surface area contributed by atoms with E-state index in [0.717, 1.165) is 13.0 Å². The summed E-state index contributed by atoms with van der Waals surface area (Å²) in [5.74, 6) is 0. The molecule has 1 aromatic rings. The maximum atomic E-state index is 9.15. The standard InChI is InChI=1S/C13H21NO/c1-10-6-4-5-7-13(10)12(3)14-9-8-11(2)15/h4-7,11-12,14-15H,8-9H2,1-3H3/t11?,12-/m0/s1. The van der Waals surface area contributed by atoms with Crippen molar-refractivity contribution in [3.05, 3.63) is 35.4 Å². The van der Waals surface area contributed by atoms with Crippen LogP contribution in [0.3, 0.4) is 0 Å². The first-order chi connectivity index (χ1) is 7.11. The van der Waals surface area contributed by atoms with Gasteiger partial charge in [-0.3, -0.25) is 0 Å². The summed E-state index contributed by atoms with van der Waals surface area (Å²) in [6.45, 7) is 6.96. The smallest absolute Gasteiger partial charge is 0.0524 e. The van der Waals surface area contributed by atoms with E-state index in [2.05, 4.69) is 43.4 Å². The summed E-state index contributed by atoms with van der Waals surface area (Å²) in [6.07, 6.45) is 0.581. The Bertz CT molecular complexity index is 296. The van der Waals surface area contributed by atoms with Crippen LogP contribution in [0.2, 0.25) is 0 Å². The van der Waals surface area contributed by atoms with Gasteiger partial charge in [0.1, 0.15) is 0 Å². The zero-order valence-electron chi connectivity index (χ0n) is 9.83. The van der Waals surface area contributed by atoms with Gasteiger partial charge in [-0.05, 0) is 44.9 Å². The van der Waals surface area contributed by atoms with E-state index >= 15 is 0 Å². The quantitative estimate of drug-likeness (QED) is 0.777. The lowest BCUT2D eigenvalue weighted by Gasteiger charge is -2.16. The van der Waals surface area contributed by atoms with Crippen LogP contribution in [0.15, 0.2) is 24.3 Å². The van der Waals surface area contributed by atoms with Crippen molar-refractivity contribution in [1.82, 2.24) is 5.32 Å². The Kier molecular flexibility index (Phi) is 4.79.